The van der Waals surface area contributed by atoms with E-state index in [1.54, 1.807) is 17.7 Å². The number of aliphatic hydroxyl groups is 1. The highest BCUT2D eigenvalue weighted by molar-refractivity contribution is 6.41. The summed E-state index contributed by atoms with van der Waals surface area (Å²) in [5.74, 6) is 0. The van der Waals surface area contributed by atoms with E-state index in [0.29, 0.717) is 23.3 Å². The van der Waals surface area contributed by atoms with Crippen LogP contribution >= 0.6 is 23.2 Å². The first-order valence-electron chi connectivity index (χ1n) is 6.72. The zero-order valence-electron chi connectivity index (χ0n) is 12.1. The Morgan fingerprint density at radius 1 is 1.18 bits per heavy atom. The van der Waals surface area contributed by atoms with E-state index in [1.807, 2.05) is 24.3 Å². The van der Waals surface area contributed by atoms with E-state index in [9.17, 15) is 9.90 Å². The molecule has 2 rings (SSSR count). The Kier molecular flexibility index (Phi) is 5.71. The second-order valence-electron chi connectivity index (χ2n) is 4.80. The fraction of sp³-hybridized carbons (Fsp3) is 0.267. The van der Waals surface area contributed by atoms with Gasteiger partial charge in [-0.1, -0.05) is 47.5 Å². The van der Waals surface area contributed by atoms with Crippen molar-refractivity contribution in [2.24, 2.45) is 7.05 Å². The first-order valence-corrected chi connectivity index (χ1v) is 7.47. The maximum atomic E-state index is 11.8. The van der Waals surface area contributed by atoms with Crippen LogP contribution < -0.4 is 10.6 Å². The fourth-order valence-corrected chi connectivity index (χ4v) is 2.47. The van der Waals surface area contributed by atoms with Crippen LogP contribution in [-0.4, -0.2) is 15.7 Å². The molecule has 0 unspecified atom stereocenters. The molecule has 0 radical (unpaired) electrons. The van der Waals surface area contributed by atoms with Gasteiger partial charge in [0.25, 0.3) is 0 Å². The van der Waals surface area contributed by atoms with Crippen LogP contribution in [0.2, 0.25) is 10.2 Å². The largest absolute Gasteiger partial charge is 0.392 e. The summed E-state index contributed by atoms with van der Waals surface area (Å²) < 4.78 is 1.71. The lowest BCUT2D eigenvalue weighted by atomic mass is 10.1. The van der Waals surface area contributed by atoms with Crippen molar-refractivity contribution >= 4 is 29.2 Å². The molecule has 22 heavy (non-hydrogen) atoms. The molecular weight excluding hydrogens is 325 g/mol. The van der Waals surface area contributed by atoms with Gasteiger partial charge in [0.1, 0.15) is 5.15 Å². The molecule has 0 saturated carbocycles. The molecule has 1 aromatic heterocycles. The summed E-state index contributed by atoms with van der Waals surface area (Å²) in [6, 6.07) is 8.80. The van der Waals surface area contributed by atoms with Crippen molar-refractivity contribution in [1.29, 1.82) is 0 Å². The molecule has 7 heteroatoms. The van der Waals surface area contributed by atoms with Gasteiger partial charge in [0.2, 0.25) is 0 Å². The zero-order chi connectivity index (χ0) is 16.1. The quantitative estimate of drug-likeness (QED) is 0.782. The van der Waals surface area contributed by atoms with Crippen molar-refractivity contribution < 1.29 is 9.90 Å². The molecule has 0 aliphatic rings. The van der Waals surface area contributed by atoms with Gasteiger partial charge in [-0.25, -0.2) is 4.79 Å². The van der Waals surface area contributed by atoms with Gasteiger partial charge in [0.15, 0.2) is 0 Å². The van der Waals surface area contributed by atoms with Crippen molar-refractivity contribution in [3.05, 3.63) is 57.3 Å². The molecule has 0 atom stereocenters. The van der Waals surface area contributed by atoms with Crippen LogP contribution in [0.3, 0.4) is 0 Å². The first-order chi connectivity index (χ1) is 10.5. The number of carbonyl (C=O) groups excluding carboxylic acids is 1. The molecular formula is C15H17Cl2N3O2. The predicted octanol–water partition coefficient (Wildman–Crippen LogP) is 2.82. The molecule has 0 aliphatic heterocycles. The predicted molar refractivity (Wildman–Crippen MR) is 86.9 cm³/mol. The molecule has 118 valence electrons. The standard InChI is InChI=1S/C15H17Cl2N3O2/c1-20-12(6-13(16)14(20)17)8-19-15(22)18-7-10-4-2-3-5-11(10)9-21/h2-6,21H,7-9H2,1H3,(H2,18,19,22). The number of carbonyl (C=O) groups is 1. The maximum absolute atomic E-state index is 11.8. The van der Waals surface area contributed by atoms with Crippen LogP contribution in [0, 0.1) is 0 Å². The number of aromatic nitrogens is 1. The van der Waals surface area contributed by atoms with Crippen LogP contribution in [0.5, 0.6) is 0 Å². The topological polar surface area (TPSA) is 66.3 Å². The third-order valence-electron chi connectivity index (χ3n) is 3.37. The average molecular weight is 342 g/mol. The summed E-state index contributed by atoms with van der Waals surface area (Å²) >= 11 is 11.9. The Labute approximate surface area is 138 Å². The van der Waals surface area contributed by atoms with Gasteiger partial charge in [0, 0.05) is 19.3 Å². The number of halogens is 2. The van der Waals surface area contributed by atoms with Crippen LogP contribution in [0.25, 0.3) is 0 Å². The lowest BCUT2D eigenvalue weighted by Gasteiger charge is -2.10. The van der Waals surface area contributed by atoms with E-state index in [0.717, 1.165) is 16.8 Å². The second kappa shape index (κ2) is 7.54. The Morgan fingerprint density at radius 2 is 1.82 bits per heavy atom. The minimum absolute atomic E-state index is 0.0557. The van der Waals surface area contributed by atoms with E-state index < -0.39 is 0 Å². The van der Waals surface area contributed by atoms with Crippen molar-refractivity contribution in [3.8, 4) is 0 Å². The molecule has 0 bridgehead atoms. The molecule has 2 amide bonds. The minimum Gasteiger partial charge on any atom is -0.392 e. The van der Waals surface area contributed by atoms with Gasteiger partial charge in [0.05, 0.1) is 18.2 Å². The SMILES string of the molecule is Cn1c(CNC(=O)NCc2ccccc2CO)cc(Cl)c1Cl. The number of amides is 2. The van der Waals surface area contributed by atoms with E-state index in [2.05, 4.69) is 10.6 Å². The summed E-state index contributed by atoms with van der Waals surface area (Å²) in [6.45, 7) is 0.605. The van der Waals surface area contributed by atoms with Crippen molar-refractivity contribution in [1.82, 2.24) is 15.2 Å². The number of nitrogens with zero attached hydrogens (tertiary/aromatic N) is 1. The lowest BCUT2D eigenvalue weighted by molar-refractivity contribution is 0.239. The molecule has 0 saturated heterocycles. The van der Waals surface area contributed by atoms with Crippen LogP contribution in [0.1, 0.15) is 16.8 Å². The molecule has 1 heterocycles. The van der Waals surface area contributed by atoms with Gasteiger partial charge in [-0.05, 0) is 17.2 Å². The summed E-state index contributed by atoms with van der Waals surface area (Å²) in [5.41, 5.74) is 2.48. The lowest BCUT2D eigenvalue weighted by Crippen LogP contribution is -2.35. The Hall–Kier alpha value is -1.69. The Balaban J connectivity index is 1.87. The Bertz CT molecular complexity index is 671. The molecule has 2 aromatic rings. The normalized spacial score (nSPS) is 10.5. The third-order valence-corrected chi connectivity index (χ3v) is 4.22. The van der Waals surface area contributed by atoms with Crippen molar-refractivity contribution in [2.75, 3.05) is 0 Å². The summed E-state index contributed by atoms with van der Waals surface area (Å²) in [6.07, 6.45) is 0. The number of benzene rings is 1. The summed E-state index contributed by atoms with van der Waals surface area (Å²) in [7, 11) is 1.78. The third kappa shape index (κ3) is 3.94. The molecule has 3 N–H and O–H groups in total. The van der Waals surface area contributed by atoms with E-state index >= 15 is 0 Å². The van der Waals surface area contributed by atoms with Gasteiger partial charge in [-0.15, -0.1) is 0 Å². The number of aliphatic hydroxyl groups excluding tert-OH is 1. The monoisotopic (exact) mass is 341 g/mol. The van der Waals surface area contributed by atoms with Gasteiger partial charge in [-0.3, -0.25) is 0 Å². The summed E-state index contributed by atoms with van der Waals surface area (Å²) in [5, 5.41) is 15.6. The highest BCUT2D eigenvalue weighted by atomic mass is 35.5. The van der Waals surface area contributed by atoms with Gasteiger partial charge >= 0.3 is 6.03 Å². The smallest absolute Gasteiger partial charge is 0.315 e. The number of rotatable bonds is 5. The second-order valence-corrected chi connectivity index (χ2v) is 5.56. The zero-order valence-corrected chi connectivity index (χ0v) is 13.6. The molecule has 5 nitrogen and oxygen atoms in total. The molecule has 0 spiro atoms. The minimum atomic E-state index is -0.304. The summed E-state index contributed by atoms with van der Waals surface area (Å²) in [4.78, 5) is 11.8. The Morgan fingerprint density at radius 3 is 2.41 bits per heavy atom. The van der Waals surface area contributed by atoms with Crippen molar-refractivity contribution in [2.45, 2.75) is 19.7 Å². The fourth-order valence-electron chi connectivity index (χ4n) is 2.05. The maximum Gasteiger partial charge on any atom is 0.315 e. The van der Waals surface area contributed by atoms with Crippen LogP contribution in [-0.2, 0) is 26.7 Å². The van der Waals surface area contributed by atoms with Gasteiger partial charge in [-0.2, -0.15) is 0 Å². The number of urea groups is 1. The first kappa shape index (κ1) is 16.7. The van der Waals surface area contributed by atoms with E-state index in [1.165, 1.54) is 0 Å². The van der Waals surface area contributed by atoms with E-state index in [4.69, 9.17) is 23.2 Å². The highest BCUT2D eigenvalue weighted by Crippen LogP contribution is 2.24. The average Bonchev–Trinajstić information content (AvgIpc) is 2.78. The van der Waals surface area contributed by atoms with Crippen LogP contribution in [0.15, 0.2) is 30.3 Å². The number of hydrogen-bond donors (Lipinski definition) is 3. The van der Waals surface area contributed by atoms with Crippen molar-refractivity contribution in [3.63, 3.8) is 0 Å². The number of nitrogens with one attached hydrogen (secondary N) is 2. The van der Waals surface area contributed by atoms with E-state index in [-0.39, 0.29) is 12.6 Å². The van der Waals surface area contributed by atoms with Crippen LogP contribution in [0.4, 0.5) is 4.79 Å². The highest BCUT2D eigenvalue weighted by Gasteiger charge is 2.10. The number of hydrogen-bond acceptors (Lipinski definition) is 2. The molecule has 0 aliphatic carbocycles. The molecule has 0 fully saturated rings. The molecule has 1 aromatic carbocycles. The van der Waals surface area contributed by atoms with Gasteiger partial charge < -0.3 is 20.3 Å².